The first kappa shape index (κ1) is 14.8. The summed E-state index contributed by atoms with van der Waals surface area (Å²) in [6, 6.07) is 7.15. The number of halogens is 1. The third-order valence-corrected chi connectivity index (χ3v) is 3.84. The monoisotopic (exact) mass is 356 g/mol. The maximum atomic E-state index is 11.6. The minimum Gasteiger partial charge on any atom is -0.444 e. The Bertz CT molecular complexity index is 580. The normalized spacial score (nSPS) is 10.2. The molecule has 0 aromatic carbocycles. The van der Waals surface area contributed by atoms with Crippen LogP contribution in [0.15, 0.2) is 38.7 Å². The summed E-state index contributed by atoms with van der Waals surface area (Å²) in [6.45, 7) is 0.489. The topological polar surface area (TPSA) is 71.3 Å². The van der Waals surface area contributed by atoms with Crippen LogP contribution in [0.4, 0.5) is 0 Å². The van der Waals surface area contributed by atoms with Gasteiger partial charge >= 0.3 is 0 Å². The Labute approximate surface area is 128 Å². The van der Waals surface area contributed by atoms with E-state index in [9.17, 15) is 9.59 Å². The molecule has 0 radical (unpaired) electrons. The molecule has 0 aliphatic heterocycles. The first-order valence-electron chi connectivity index (χ1n) is 5.98. The predicted octanol–water partition coefficient (Wildman–Crippen LogP) is 2.19. The van der Waals surface area contributed by atoms with E-state index in [1.54, 1.807) is 17.4 Å². The van der Waals surface area contributed by atoms with E-state index in [4.69, 9.17) is 4.42 Å². The predicted molar refractivity (Wildman–Crippen MR) is 79.8 cm³/mol. The Morgan fingerprint density at radius 1 is 1.25 bits per heavy atom. The van der Waals surface area contributed by atoms with E-state index in [-0.39, 0.29) is 18.2 Å². The number of furan rings is 1. The number of carbonyl (C=O) groups excluding carboxylic acids is 2. The Morgan fingerprint density at radius 3 is 2.75 bits per heavy atom. The molecule has 0 unspecified atom stereocenters. The first-order chi connectivity index (χ1) is 9.65. The molecule has 0 saturated carbocycles. The minimum absolute atomic E-state index is 0.0679. The zero-order valence-electron chi connectivity index (χ0n) is 10.5. The molecule has 20 heavy (non-hydrogen) atoms. The molecule has 5 nitrogen and oxygen atoms in total. The second kappa shape index (κ2) is 7.25. The third kappa shape index (κ3) is 4.50. The van der Waals surface area contributed by atoms with Crippen LogP contribution in [-0.4, -0.2) is 24.9 Å². The largest absolute Gasteiger partial charge is 0.444 e. The van der Waals surface area contributed by atoms with E-state index in [0.29, 0.717) is 11.2 Å². The van der Waals surface area contributed by atoms with Gasteiger partial charge in [-0.25, -0.2) is 0 Å². The van der Waals surface area contributed by atoms with E-state index >= 15 is 0 Å². The van der Waals surface area contributed by atoms with Crippen molar-refractivity contribution >= 4 is 39.1 Å². The minimum atomic E-state index is -0.413. The van der Waals surface area contributed by atoms with Crippen molar-refractivity contribution in [3.8, 4) is 0 Å². The Kier molecular flexibility index (Phi) is 5.37. The molecular weight excluding hydrogens is 344 g/mol. The fourth-order valence-electron chi connectivity index (χ4n) is 1.53. The van der Waals surface area contributed by atoms with Crippen LogP contribution in [0.25, 0.3) is 0 Å². The quantitative estimate of drug-likeness (QED) is 0.833. The lowest BCUT2D eigenvalue weighted by Gasteiger charge is -2.05. The Balaban J connectivity index is 1.66. The van der Waals surface area contributed by atoms with Crippen molar-refractivity contribution in [2.24, 2.45) is 0 Å². The molecule has 2 rings (SSSR count). The molecule has 0 aliphatic rings. The van der Waals surface area contributed by atoms with E-state index in [1.165, 1.54) is 10.9 Å². The molecule has 0 fully saturated rings. The van der Waals surface area contributed by atoms with Crippen LogP contribution in [-0.2, 0) is 11.2 Å². The lowest BCUT2D eigenvalue weighted by Crippen LogP contribution is -2.37. The van der Waals surface area contributed by atoms with Crippen LogP contribution in [0.3, 0.4) is 0 Å². The molecule has 0 spiro atoms. The third-order valence-electron chi connectivity index (χ3n) is 2.48. The summed E-state index contributed by atoms with van der Waals surface area (Å²) in [4.78, 5) is 24.4. The van der Waals surface area contributed by atoms with Gasteiger partial charge in [-0.05, 0) is 45.9 Å². The van der Waals surface area contributed by atoms with Crippen LogP contribution >= 0.6 is 27.3 Å². The highest BCUT2D eigenvalue weighted by Gasteiger charge is 2.11. The maximum Gasteiger partial charge on any atom is 0.287 e. The van der Waals surface area contributed by atoms with Crippen LogP contribution in [0.1, 0.15) is 15.4 Å². The molecule has 0 saturated heterocycles. The zero-order chi connectivity index (χ0) is 14.4. The summed E-state index contributed by atoms with van der Waals surface area (Å²) in [5.41, 5.74) is 0. The molecule has 2 amide bonds. The van der Waals surface area contributed by atoms with E-state index in [0.717, 1.165) is 6.42 Å². The van der Waals surface area contributed by atoms with Gasteiger partial charge in [0, 0.05) is 11.4 Å². The molecule has 106 valence electrons. The number of hydrogen-bond donors (Lipinski definition) is 2. The number of carbonyl (C=O) groups is 2. The fourth-order valence-corrected chi connectivity index (χ4v) is 2.54. The smallest absolute Gasteiger partial charge is 0.287 e. The Morgan fingerprint density at radius 2 is 2.10 bits per heavy atom. The van der Waals surface area contributed by atoms with Gasteiger partial charge in [-0.2, -0.15) is 0 Å². The van der Waals surface area contributed by atoms with Crippen molar-refractivity contribution in [1.82, 2.24) is 10.6 Å². The van der Waals surface area contributed by atoms with Crippen molar-refractivity contribution in [3.63, 3.8) is 0 Å². The molecule has 2 aromatic rings. The van der Waals surface area contributed by atoms with Crippen molar-refractivity contribution < 1.29 is 14.0 Å². The summed E-state index contributed by atoms with van der Waals surface area (Å²) in [6.07, 6.45) is 0.794. The molecule has 0 atom stereocenters. The summed E-state index contributed by atoms with van der Waals surface area (Å²) in [5, 5.41) is 7.24. The molecule has 7 heteroatoms. The van der Waals surface area contributed by atoms with Gasteiger partial charge in [0.05, 0.1) is 6.54 Å². The first-order valence-corrected chi connectivity index (χ1v) is 7.65. The molecular formula is C13H13BrN2O3S. The second-order valence-corrected chi connectivity index (χ2v) is 5.78. The second-order valence-electron chi connectivity index (χ2n) is 3.97. The van der Waals surface area contributed by atoms with Crippen LogP contribution < -0.4 is 10.6 Å². The SMILES string of the molecule is O=C(CNC(=O)c1ccc(Br)o1)NCCc1cccs1. The maximum absolute atomic E-state index is 11.6. The van der Waals surface area contributed by atoms with Gasteiger partial charge in [0.25, 0.3) is 5.91 Å². The van der Waals surface area contributed by atoms with Crippen molar-refractivity contribution in [1.29, 1.82) is 0 Å². The summed E-state index contributed by atoms with van der Waals surface area (Å²) in [7, 11) is 0. The average molecular weight is 357 g/mol. The van der Waals surface area contributed by atoms with Gasteiger partial charge < -0.3 is 15.1 Å². The number of amides is 2. The Hall–Kier alpha value is -1.60. The summed E-state index contributed by atoms with van der Waals surface area (Å²) in [5.74, 6) is -0.465. The van der Waals surface area contributed by atoms with E-state index in [1.807, 2.05) is 17.5 Å². The van der Waals surface area contributed by atoms with Crippen LogP contribution in [0.5, 0.6) is 0 Å². The number of rotatable bonds is 6. The molecule has 0 aliphatic carbocycles. The van der Waals surface area contributed by atoms with Gasteiger partial charge in [0.1, 0.15) is 0 Å². The highest BCUT2D eigenvalue weighted by atomic mass is 79.9. The van der Waals surface area contributed by atoms with Crippen molar-refractivity contribution in [3.05, 3.63) is 45.0 Å². The molecule has 2 N–H and O–H groups in total. The van der Waals surface area contributed by atoms with Gasteiger partial charge in [0.2, 0.25) is 5.91 Å². The fraction of sp³-hybridized carbons (Fsp3) is 0.231. The molecule has 2 heterocycles. The van der Waals surface area contributed by atoms with Gasteiger partial charge in [0.15, 0.2) is 10.4 Å². The van der Waals surface area contributed by atoms with Crippen LogP contribution in [0, 0.1) is 0 Å². The summed E-state index contributed by atoms with van der Waals surface area (Å²) < 4.78 is 5.56. The van der Waals surface area contributed by atoms with Gasteiger partial charge in [-0.1, -0.05) is 6.07 Å². The van der Waals surface area contributed by atoms with E-state index < -0.39 is 5.91 Å². The van der Waals surface area contributed by atoms with Crippen molar-refractivity contribution in [2.45, 2.75) is 6.42 Å². The number of hydrogen-bond acceptors (Lipinski definition) is 4. The number of thiophene rings is 1. The van der Waals surface area contributed by atoms with Crippen LogP contribution in [0.2, 0.25) is 0 Å². The van der Waals surface area contributed by atoms with E-state index in [2.05, 4.69) is 26.6 Å². The van der Waals surface area contributed by atoms with Crippen molar-refractivity contribution in [2.75, 3.05) is 13.1 Å². The molecule has 2 aromatic heterocycles. The highest BCUT2D eigenvalue weighted by Crippen LogP contribution is 2.13. The average Bonchev–Trinajstić information content (AvgIpc) is 3.07. The lowest BCUT2D eigenvalue weighted by atomic mass is 10.3. The molecule has 0 bridgehead atoms. The number of nitrogens with one attached hydrogen (secondary N) is 2. The van der Waals surface area contributed by atoms with Gasteiger partial charge in [-0.3, -0.25) is 9.59 Å². The zero-order valence-corrected chi connectivity index (χ0v) is 12.9. The lowest BCUT2D eigenvalue weighted by molar-refractivity contribution is -0.120. The van der Waals surface area contributed by atoms with Gasteiger partial charge in [-0.15, -0.1) is 11.3 Å². The highest BCUT2D eigenvalue weighted by molar-refractivity contribution is 9.10. The standard InChI is InChI=1S/C13H13BrN2O3S/c14-11-4-3-10(19-11)13(18)16-8-12(17)15-6-5-9-2-1-7-20-9/h1-4,7H,5-6,8H2,(H,15,17)(H,16,18). The summed E-state index contributed by atoms with van der Waals surface area (Å²) >= 11 is 4.76.